The lowest BCUT2D eigenvalue weighted by Gasteiger charge is -2.10. The lowest BCUT2D eigenvalue weighted by atomic mass is 10.0. The number of carbonyl (C=O) groups excluding carboxylic acids is 1. The highest BCUT2D eigenvalue weighted by atomic mass is 16.5. The van der Waals surface area contributed by atoms with Gasteiger partial charge in [0.25, 0.3) is 5.91 Å². The number of aromatic nitrogens is 3. The number of nitrogens with zero attached hydrogens (tertiary/aromatic N) is 3. The van der Waals surface area contributed by atoms with Crippen LogP contribution in [0.15, 0.2) is 30.5 Å². The lowest BCUT2D eigenvalue weighted by Crippen LogP contribution is -2.28. The summed E-state index contributed by atoms with van der Waals surface area (Å²) in [5.74, 6) is -0.273. The lowest BCUT2D eigenvalue weighted by molar-refractivity contribution is -0.138. The largest absolute Gasteiger partial charge is 0.484 e. The summed E-state index contributed by atoms with van der Waals surface area (Å²) in [6, 6.07) is 7.62. The van der Waals surface area contributed by atoms with Crippen molar-refractivity contribution in [3.05, 3.63) is 41.7 Å². The van der Waals surface area contributed by atoms with Gasteiger partial charge in [-0.3, -0.25) is 9.59 Å². The van der Waals surface area contributed by atoms with E-state index in [4.69, 9.17) is 9.84 Å². The SMILES string of the molecule is CC(C)c1cccc(OCC(=O)NCc2cn(CC(=O)O)nn2)c1. The Morgan fingerprint density at radius 3 is 2.88 bits per heavy atom. The minimum absolute atomic E-state index is 0.106. The maximum Gasteiger partial charge on any atom is 0.325 e. The predicted octanol–water partition coefficient (Wildman–Crippen LogP) is 1.18. The van der Waals surface area contributed by atoms with Gasteiger partial charge >= 0.3 is 5.97 Å². The standard InChI is InChI=1S/C16H20N4O4/c1-11(2)12-4-3-5-14(6-12)24-10-15(21)17-7-13-8-20(19-18-13)9-16(22)23/h3-6,8,11H,7,9-10H2,1-2H3,(H,17,21)(H,22,23). The van der Waals surface area contributed by atoms with Gasteiger partial charge in [-0.15, -0.1) is 5.10 Å². The third kappa shape index (κ3) is 5.38. The van der Waals surface area contributed by atoms with Crippen molar-refractivity contribution >= 4 is 11.9 Å². The Balaban J connectivity index is 1.78. The van der Waals surface area contributed by atoms with Gasteiger partial charge in [0.15, 0.2) is 6.61 Å². The molecule has 2 aromatic rings. The molecule has 0 unspecified atom stereocenters. The average molecular weight is 332 g/mol. The third-order valence-electron chi connectivity index (χ3n) is 3.24. The second kappa shape index (κ2) is 8.09. The van der Waals surface area contributed by atoms with E-state index >= 15 is 0 Å². The molecule has 8 nitrogen and oxygen atoms in total. The number of carboxylic acid groups (broad SMARTS) is 1. The molecule has 1 aromatic heterocycles. The molecule has 1 heterocycles. The Morgan fingerprint density at radius 1 is 1.38 bits per heavy atom. The van der Waals surface area contributed by atoms with Crippen molar-refractivity contribution in [3.8, 4) is 5.75 Å². The zero-order valence-electron chi connectivity index (χ0n) is 13.6. The Hall–Kier alpha value is -2.90. The maximum absolute atomic E-state index is 11.8. The van der Waals surface area contributed by atoms with E-state index in [1.165, 1.54) is 10.9 Å². The number of carbonyl (C=O) groups is 2. The summed E-state index contributed by atoms with van der Waals surface area (Å²) in [6.07, 6.45) is 1.47. The van der Waals surface area contributed by atoms with E-state index in [1.54, 1.807) is 6.07 Å². The molecule has 0 atom stereocenters. The number of rotatable bonds is 8. The molecule has 0 aliphatic heterocycles. The van der Waals surface area contributed by atoms with E-state index in [-0.39, 0.29) is 25.6 Å². The van der Waals surface area contributed by atoms with Gasteiger partial charge in [-0.1, -0.05) is 31.2 Å². The van der Waals surface area contributed by atoms with Crippen LogP contribution in [0.1, 0.15) is 31.0 Å². The molecule has 0 saturated carbocycles. The zero-order chi connectivity index (χ0) is 17.5. The number of nitrogens with one attached hydrogen (secondary N) is 1. The van der Waals surface area contributed by atoms with Crippen molar-refractivity contribution < 1.29 is 19.4 Å². The number of hydrogen-bond acceptors (Lipinski definition) is 5. The molecule has 0 aliphatic carbocycles. The summed E-state index contributed by atoms with van der Waals surface area (Å²) < 4.78 is 6.67. The minimum atomic E-state index is -1.01. The van der Waals surface area contributed by atoms with Gasteiger partial charge in [0.1, 0.15) is 18.0 Å². The van der Waals surface area contributed by atoms with Gasteiger partial charge in [0, 0.05) is 0 Å². The summed E-state index contributed by atoms with van der Waals surface area (Å²) in [5, 5.41) is 18.7. The van der Waals surface area contributed by atoms with E-state index in [0.29, 0.717) is 17.4 Å². The Labute approximate surface area is 139 Å². The van der Waals surface area contributed by atoms with E-state index in [2.05, 4.69) is 29.5 Å². The van der Waals surface area contributed by atoms with Crippen molar-refractivity contribution in [2.75, 3.05) is 6.61 Å². The van der Waals surface area contributed by atoms with E-state index in [9.17, 15) is 9.59 Å². The summed E-state index contributed by atoms with van der Waals surface area (Å²) in [5.41, 5.74) is 1.62. The second-order valence-corrected chi connectivity index (χ2v) is 5.59. The summed E-state index contributed by atoms with van der Waals surface area (Å²) in [7, 11) is 0. The summed E-state index contributed by atoms with van der Waals surface area (Å²) in [4.78, 5) is 22.4. The van der Waals surface area contributed by atoms with Gasteiger partial charge in [-0.2, -0.15) is 0 Å². The van der Waals surface area contributed by atoms with Crippen LogP contribution in [0.25, 0.3) is 0 Å². The van der Waals surface area contributed by atoms with E-state index in [1.807, 2.05) is 18.2 Å². The van der Waals surface area contributed by atoms with Gasteiger partial charge in [0.2, 0.25) is 0 Å². The number of amides is 1. The van der Waals surface area contributed by atoms with Crippen molar-refractivity contribution in [3.63, 3.8) is 0 Å². The Kier molecular flexibility index (Phi) is 5.89. The average Bonchev–Trinajstić information content (AvgIpc) is 2.98. The van der Waals surface area contributed by atoms with Crippen LogP contribution in [0.3, 0.4) is 0 Å². The first-order valence-corrected chi connectivity index (χ1v) is 7.54. The molecule has 0 saturated heterocycles. The molecule has 24 heavy (non-hydrogen) atoms. The topological polar surface area (TPSA) is 106 Å². The molecule has 0 bridgehead atoms. The first-order chi connectivity index (χ1) is 11.4. The highest BCUT2D eigenvalue weighted by Gasteiger charge is 2.08. The Morgan fingerprint density at radius 2 is 2.17 bits per heavy atom. The van der Waals surface area contributed by atoms with Gasteiger partial charge in [-0.25, -0.2) is 4.68 Å². The highest BCUT2D eigenvalue weighted by Crippen LogP contribution is 2.19. The molecular weight excluding hydrogens is 312 g/mol. The van der Waals surface area contributed by atoms with Crippen molar-refractivity contribution in [1.29, 1.82) is 0 Å². The molecule has 0 fully saturated rings. The molecule has 2 rings (SSSR count). The molecule has 0 spiro atoms. The molecule has 0 aliphatic rings. The van der Waals surface area contributed by atoms with E-state index in [0.717, 1.165) is 5.56 Å². The van der Waals surface area contributed by atoms with E-state index < -0.39 is 5.97 Å². The molecule has 128 valence electrons. The smallest absolute Gasteiger partial charge is 0.325 e. The number of carboxylic acids is 1. The van der Waals surface area contributed by atoms with Crippen LogP contribution in [-0.4, -0.2) is 38.6 Å². The number of aliphatic carboxylic acids is 1. The number of hydrogen-bond donors (Lipinski definition) is 2. The monoisotopic (exact) mass is 332 g/mol. The molecule has 1 amide bonds. The van der Waals surface area contributed by atoms with Crippen LogP contribution in [0.2, 0.25) is 0 Å². The first-order valence-electron chi connectivity index (χ1n) is 7.54. The van der Waals surface area contributed by atoms with Crippen LogP contribution in [0.5, 0.6) is 5.75 Å². The van der Waals surface area contributed by atoms with Gasteiger partial charge < -0.3 is 15.2 Å². The van der Waals surface area contributed by atoms with Gasteiger partial charge in [-0.05, 0) is 23.6 Å². The molecule has 2 N–H and O–H groups in total. The van der Waals surface area contributed by atoms with Crippen LogP contribution >= 0.6 is 0 Å². The van der Waals surface area contributed by atoms with Crippen LogP contribution in [0, 0.1) is 0 Å². The zero-order valence-corrected chi connectivity index (χ0v) is 13.6. The fourth-order valence-corrected chi connectivity index (χ4v) is 1.99. The predicted molar refractivity (Wildman–Crippen MR) is 85.5 cm³/mol. The van der Waals surface area contributed by atoms with Crippen molar-refractivity contribution in [2.24, 2.45) is 0 Å². The van der Waals surface area contributed by atoms with Crippen LogP contribution in [0.4, 0.5) is 0 Å². The minimum Gasteiger partial charge on any atom is -0.484 e. The Bertz CT molecular complexity index is 712. The first kappa shape index (κ1) is 17.5. The second-order valence-electron chi connectivity index (χ2n) is 5.59. The van der Waals surface area contributed by atoms with Gasteiger partial charge in [0.05, 0.1) is 12.7 Å². The van der Waals surface area contributed by atoms with Crippen molar-refractivity contribution in [1.82, 2.24) is 20.3 Å². The fraction of sp³-hybridized carbons (Fsp3) is 0.375. The molecular formula is C16H20N4O4. The fourth-order valence-electron chi connectivity index (χ4n) is 1.99. The molecule has 8 heteroatoms. The molecule has 1 aromatic carbocycles. The summed E-state index contributed by atoms with van der Waals surface area (Å²) >= 11 is 0. The third-order valence-corrected chi connectivity index (χ3v) is 3.24. The number of benzene rings is 1. The summed E-state index contributed by atoms with van der Waals surface area (Å²) in [6.45, 7) is 3.96. The quantitative estimate of drug-likeness (QED) is 0.752. The highest BCUT2D eigenvalue weighted by molar-refractivity contribution is 5.77. The molecule has 0 radical (unpaired) electrons. The van der Waals surface area contributed by atoms with Crippen LogP contribution < -0.4 is 10.1 Å². The van der Waals surface area contributed by atoms with Crippen molar-refractivity contribution in [2.45, 2.75) is 32.9 Å². The number of ether oxygens (including phenoxy) is 1. The maximum atomic E-state index is 11.8. The van der Waals surface area contributed by atoms with Crippen LogP contribution in [-0.2, 0) is 22.7 Å². The normalized spacial score (nSPS) is 10.6.